The zero-order valence-corrected chi connectivity index (χ0v) is 8.21. The SMILES string of the molecule is CCCCC(C)N=C(N)C1CC1. The summed E-state index contributed by atoms with van der Waals surface area (Å²) < 4.78 is 0. The van der Waals surface area contributed by atoms with Crippen LogP contribution >= 0.6 is 0 Å². The van der Waals surface area contributed by atoms with Crippen LogP contribution in [0.1, 0.15) is 46.0 Å². The summed E-state index contributed by atoms with van der Waals surface area (Å²) in [6.45, 7) is 4.37. The molecule has 1 aliphatic carbocycles. The third kappa shape index (κ3) is 3.24. The first-order chi connectivity index (χ1) is 5.74. The van der Waals surface area contributed by atoms with Gasteiger partial charge in [-0.05, 0) is 26.2 Å². The standard InChI is InChI=1S/C10H20N2/c1-3-4-5-8(2)12-10(11)9-6-7-9/h8-9H,3-7H2,1-2H3,(H2,11,12). The van der Waals surface area contributed by atoms with Crippen LogP contribution in [0.3, 0.4) is 0 Å². The summed E-state index contributed by atoms with van der Waals surface area (Å²) >= 11 is 0. The van der Waals surface area contributed by atoms with Crippen LogP contribution in [0.5, 0.6) is 0 Å². The van der Waals surface area contributed by atoms with E-state index in [9.17, 15) is 0 Å². The van der Waals surface area contributed by atoms with Crippen molar-refractivity contribution in [2.75, 3.05) is 0 Å². The van der Waals surface area contributed by atoms with Crippen molar-refractivity contribution in [2.45, 2.75) is 52.0 Å². The van der Waals surface area contributed by atoms with Crippen molar-refractivity contribution in [3.63, 3.8) is 0 Å². The Balaban J connectivity index is 2.22. The average molecular weight is 168 g/mol. The van der Waals surface area contributed by atoms with Gasteiger partial charge in [-0.1, -0.05) is 19.8 Å². The van der Waals surface area contributed by atoms with Gasteiger partial charge in [-0.25, -0.2) is 0 Å². The molecule has 1 unspecified atom stereocenters. The monoisotopic (exact) mass is 168 g/mol. The predicted molar refractivity (Wildman–Crippen MR) is 53.3 cm³/mol. The van der Waals surface area contributed by atoms with Crippen molar-refractivity contribution in [1.29, 1.82) is 0 Å². The molecule has 0 radical (unpaired) electrons. The molecule has 1 atom stereocenters. The molecule has 0 aromatic rings. The Morgan fingerprint density at radius 1 is 1.58 bits per heavy atom. The van der Waals surface area contributed by atoms with E-state index in [1.54, 1.807) is 0 Å². The van der Waals surface area contributed by atoms with Crippen molar-refractivity contribution < 1.29 is 0 Å². The van der Waals surface area contributed by atoms with E-state index in [1.165, 1.54) is 32.1 Å². The van der Waals surface area contributed by atoms with Crippen LogP contribution in [0.2, 0.25) is 0 Å². The van der Waals surface area contributed by atoms with Crippen LogP contribution in [0.4, 0.5) is 0 Å². The van der Waals surface area contributed by atoms with Gasteiger partial charge in [0.05, 0.1) is 5.84 Å². The van der Waals surface area contributed by atoms with Gasteiger partial charge in [0.15, 0.2) is 0 Å². The van der Waals surface area contributed by atoms with Gasteiger partial charge < -0.3 is 5.73 Å². The molecule has 12 heavy (non-hydrogen) atoms. The van der Waals surface area contributed by atoms with Gasteiger partial charge in [0.1, 0.15) is 0 Å². The maximum Gasteiger partial charge on any atom is 0.0971 e. The van der Waals surface area contributed by atoms with Gasteiger partial charge in [0, 0.05) is 12.0 Å². The maximum atomic E-state index is 5.80. The molecule has 1 aliphatic rings. The highest BCUT2D eigenvalue weighted by Gasteiger charge is 2.25. The quantitative estimate of drug-likeness (QED) is 0.496. The number of unbranched alkanes of at least 4 members (excludes halogenated alkanes) is 1. The summed E-state index contributed by atoms with van der Waals surface area (Å²) in [5, 5.41) is 0. The molecule has 0 aromatic carbocycles. The van der Waals surface area contributed by atoms with Crippen LogP contribution in [0.15, 0.2) is 4.99 Å². The van der Waals surface area contributed by atoms with E-state index in [4.69, 9.17) is 5.73 Å². The molecule has 2 heteroatoms. The smallest absolute Gasteiger partial charge is 0.0971 e. The molecule has 0 aromatic heterocycles. The van der Waals surface area contributed by atoms with Crippen LogP contribution < -0.4 is 5.73 Å². The fraction of sp³-hybridized carbons (Fsp3) is 0.900. The van der Waals surface area contributed by atoms with Crippen LogP contribution in [0.25, 0.3) is 0 Å². The first kappa shape index (κ1) is 9.56. The van der Waals surface area contributed by atoms with Gasteiger partial charge >= 0.3 is 0 Å². The molecule has 0 saturated heterocycles. The third-order valence-electron chi connectivity index (χ3n) is 2.34. The van der Waals surface area contributed by atoms with E-state index in [0.717, 1.165) is 5.84 Å². The number of amidine groups is 1. The molecule has 0 spiro atoms. The summed E-state index contributed by atoms with van der Waals surface area (Å²) in [5.74, 6) is 1.53. The molecule has 0 heterocycles. The van der Waals surface area contributed by atoms with E-state index in [-0.39, 0.29) is 0 Å². The largest absolute Gasteiger partial charge is 0.387 e. The number of nitrogens with two attached hydrogens (primary N) is 1. The van der Waals surface area contributed by atoms with Crippen molar-refractivity contribution in [2.24, 2.45) is 16.6 Å². The van der Waals surface area contributed by atoms with Gasteiger partial charge in [0.25, 0.3) is 0 Å². The molecule has 1 fully saturated rings. The zero-order chi connectivity index (χ0) is 8.97. The van der Waals surface area contributed by atoms with E-state index in [2.05, 4.69) is 18.8 Å². The second-order valence-corrected chi connectivity index (χ2v) is 3.82. The lowest BCUT2D eigenvalue weighted by Crippen LogP contribution is -2.17. The second kappa shape index (κ2) is 4.48. The Bertz CT molecular complexity index is 159. The van der Waals surface area contributed by atoms with Crippen LogP contribution in [-0.2, 0) is 0 Å². The number of hydrogen-bond acceptors (Lipinski definition) is 1. The molecule has 0 bridgehead atoms. The third-order valence-corrected chi connectivity index (χ3v) is 2.34. The predicted octanol–water partition coefficient (Wildman–Crippen LogP) is 2.33. The first-order valence-corrected chi connectivity index (χ1v) is 5.07. The Labute approximate surface area is 75.3 Å². The van der Waals surface area contributed by atoms with Gasteiger partial charge in [-0.15, -0.1) is 0 Å². The normalized spacial score (nSPS) is 21.0. The van der Waals surface area contributed by atoms with Gasteiger partial charge in [0.2, 0.25) is 0 Å². The lowest BCUT2D eigenvalue weighted by Gasteiger charge is -2.06. The number of hydrogen-bond donors (Lipinski definition) is 1. The van der Waals surface area contributed by atoms with Crippen LogP contribution in [-0.4, -0.2) is 11.9 Å². The Morgan fingerprint density at radius 3 is 2.75 bits per heavy atom. The molecule has 0 aliphatic heterocycles. The number of rotatable bonds is 5. The van der Waals surface area contributed by atoms with Crippen molar-refractivity contribution in [1.82, 2.24) is 0 Å². The topological polar surface area (TPSA) is 38.4 Å². The van der Waals surface area contributed by atoms with E-state index in [0.29, 0.717) is 12.0 Å². The molecule has 0 amide bonds. The van der Waals surface area contributed by atoms with E-state index >= 15 is 0 Å². The molecule has 1 rings (SSSR count). The summed E-state index contributed by atoms with van der Waals surface area (Å²) in [6, 6.07) is 0.436. The van der Waals surface area contributed by atoms with Gasteiger partial charge in [-0.2, -0.15) is 0 Å². The highest BCUT2D eigenvalue weighted by Crippen LogP contribution is 2.29. The second-order valence-electron chi connectivity index (χ2n) is 3.82. The van der Waals surface area contributed by atoms with Crippen molar-refractivity contribution in [3.8, 4) is 0 Å². The number of aliphatic imine (C=N–C) groups is 1. The Morgan fingerprint density at radius 2 is 2.25 bits per heavy atom. The van der Waals surface area contributed by atoms with Crippen molar-refractivity contribution >= 4 is 5.84 Å². The van der Waals surface area contributed by atoms with E-state index in [1.807, 2.05) is 0 Å². The Hall–Kier alpha value is -0.530. The number of nitrogens with zero attached hydrogens (tertiary/aromatic N) is 1. The molecule has 70 valence electrons. The summed E-state index contributed by atoms with van der Waals surface area (Å²) in [4.78, 5) is 4.47. The average Bonchev–Trinajstić information content (AvgIpc) is 2.82. The fourth-order valence-electron chi connectivity index (χ4n) is 1.30. The molecule has 2 N–H and O–H groups in total. The van der Waals surface area contributed by atoms with E-state index < -0.39 is 0 Å². The summed E-state index contributed by atoms with van der Waals surface area (Å²) in [7, 11) is 0. The minimum absolute atomic E-state index is 0.436. The molecular weight excluding hydrogens is 148 g/mol. The lowest BCUT2D eigenvalue weighted by molar-refractivity contribution is 0.615. The summed E-state index contributed by atoms with van der Waals surface area (Å²) in [5.41, 5.74) is 5.80. The zero-order valence-electron chi connectivity index (χ0n) is 8.21. The fourth-order valence-corrected chi connectivity index (χ4v) is 1.30. The molecular formula is C10H20N2. The first-order valence-electron chi connectivity index (χ1n) is 5.07. The van der Waals surface area contributed by atoms with Crippen LogP contribution in [0, 0.1) is 5.92 Å². The minimum atomic E-state index is 0.436. The van der Waals surface area contributed by atoms with Crippen molar-refractivity contribution in [3.05, 3.63) is 0 Å². The highest BCUT2D eigenvalue weighted by atomic mass is 14.9. The lowest BCUT2D eigenvalue weighted by atomic mass is 10.1. The molecule has 1 saturated carbocycles. The summed E-state index contributed by atoms with van der Waals surface area (Å²) in [6.07, 6.45) is 6.22. The maximum absolute atomic E-state index is 5.80. The highest BCUT2D eigenvalue weighted by molar-refractivity contribution is 5.85. The Kier molecular flexibility index (Phi) is 3.57. The van der Waals surface area contributed by atoms with Gasteiger partial charge in [-0.3, -0.25) is 4.99 Å². The molecule has 2 nitrogen and oxygen atoms in total. The minimum Gasteiger partial charge on any atom is -0.387 e.